The topological polar surface area (TPSA) is 39.1 Å². The van der Waals surface area contributed by atoms with Crippen molar-refractivity contribution in [2.24, 2.45) is 0 Å². The van der Waals surface area contributed by atoms with Crippen LogP contribution < -0.4 is 5.32 Å². The fraction of sp³-hybridized carbons (Fsp3) is 0.400. The van der Waals surface area contributed by atoms with Crippen molar-refractivity contribution in [2.45, 2.75) is 32.0 Å². The lowest BCUT2D eigenvalue weighted by molar-refractivity contribution is 0.0940. The summed E-state index contributed by atoms with van der Waals surface area (Å²) in [6.07, 6.45) is 6.37. The van der Waals surface area contributed by atoms with Gasteiger partial charge in [0, 0.05) is 29.4 Å². The minimum Gasteiger partial charge on any atom is -0.378 e. The molecule has 21 heavy (non-hydrogen) atoms. The van der Waals surface area contributed by atoms with E-state index in [1.165, 1.54) is 0 Å². The van der Waals surface area contributed by atoms with Gasteiger partial charge in [-0.05, 0) is 36.6 Å². The Morgan fingerprint density at radius 2 is 2.10 bits per heavy atom. The third kappa shape index (κ3) is 4.13. The van der Waals surface area contributed by atoms with E-state index < -0.39 is 0 Å². The van der Waals surface area contributed by atoms with Crippen LogP contribution in [0.4, 0.5) is 5.69 Å². The second-order valence-corrected chi connectivity index (χ2v) is 6.09. The number of halogens is 2. The predicted octanol–water partition coefficient (Wildman–Crippen LogP) is 3.98. The van der Waals surface area contributed by atoms with Gasteiger partial charge in [-0.3, -0.25) is 4.68 Å². The van der Waals surface area contributed by atoms with Crippen LogP contribution >= 0.6 is 23.2 Å². The van der Waals surface area contributed by atoms with Crippen molar-refractivity contribution in [3.8, 4) is 0 Å². The van der Waals surface area contributed by atoms with Crippen LogP contribution in [0.3, 0.4) is 0 Å². The number of nitrogens with one attached hydrogen (secondary N) is 1. The molecule has 1 atom stereocenters. The third-order valence-electron chi connectivity index (χ3n) is 3.47. The molecule has 2 aromatic rings. The highest BCUT2D eigenvalue weighted by atomic mass is 35.5. The first-order valence-corrected chi connectivity index (χ1v) is 7.77. The van der Waals surface area contributed by atoms with Crippen LogP contribution in [0.1, 0.15) is 18.4 Å². The molecule has 1 aliphatic heterocycles. The van der Waals surface area contributed by atoms with Crippen LogP contribution in [-0.4, -0.2) is 22.5 Å². The first-order chi connectivity index (χ1) is 10.2. The fourth-order valence-electron chi connectivity index (χ4n) is 2.47. The van der Waals surface area contributed by atoms with E-state index in [9.17, 15) is 0 Å². The molecular weight excluding hydrogens is 309 g/mol. The van der Waals surface area contributed by atoms with Crippen molar-refractivity contribution >= 4 is 28.9 Å². The predicted molar refractivity (Wildman–Crippen MR) is 85.0 cm³/mol. The van der Waals surface area contributed by atoms with Crippen molar-refractivity contribution < 1.29 is 4.74 Å². The molecule has 112 valence electrons. The van der Waals surface area contributed by atoms with Crippen molar-refractivity contribution in [1.29, 1.82) is 0 Å². The Bertz CT molecular complexity index is 588. The summed E-state index contributed by atoms with van der Waals surface area (Å²) in [5, 5.41) is 8.96. The average Bonchev–Trinajstić information content (AvgIpc) is 3.08. The molecule has 1 aromatic heterocycles. The molecule has 0 saturated carbocycles. The van der Waals surface area contributed by atoms with E-state index in [-0.39, 0.29) is 0 Å². The molecule has 1 saturated heterocycles. The van der Waals surface area contributed by atoms with Gasteiger partial charge in [0.25, 0.3) is 0 Å². The van der Waals surface area contributed by atoms with E-state index in [1.807, 2.05) is 29.2 Å². The lowest BCUT2D eigenvalue weighted by atomic mass is 10.2. The van der Waals surface area contributed by atoms with Crippen molar-refractivity contribution in [1.82, 2.24) is 9.78 Å². The Morgan fingerprint density at radius 1 is 1.29 bits per heavy atom. The molecule has 2 heterocycles. The van der Waals surface area contributed by atoms with Gasteiger partial charge in [-0.1, -0.05) is 23.2 Å². The first kappa shape index (κ1) is 14.7. The van der Waals surface area contributed by atoms with Gasteiger partial charge in [0.2, 0.25) is 0 Å². The van der Waals surface area contributed by atoms with E-state index >= 15 is 0 Å². The molecule has 1 N–H and O–H groups in total. The van der Waals surface area contributed by atoms with E-state index in [2.05, 4.69) is 10.4 Å². The number of nitrogens with zero attached hydrogens (tertiary/aromatic N) is 2. The number of benzene rings is 1. The van der Waals surface area contributed by atoms with Gasteiger partial charge in [0.15, 0.2) is 0 Å². The maximum absolute atomic E-state index is 5.99. The first-order valence-electron chi connectivity index (χ1n) is 7.02. The summed E-state index contributed by atoms with van der Waals surface area (Å²) in [4.78, 5) is 0. The van der Waals surface area contributed by atoms with Gasteiger partial charge >= 0.3 is 0 Å². The van der Waals surface area contributed by atoms with Gasteiger partial charge in [0.1, 0.15) is 0 Å². The molecule has 1 aliphatic rings. The highest BCUT2D eigenvalue weighted by Crippen LogP contribution is 2.20. The van der Waals surface area contributed by atoms with Crippen molar-refractivity contribution in [2.75, 3.05) is 11.9 Å². The van der Waals surface area contributed by atoms with Crippen LogP contribution in [0.2, 0.25) is 10.0 Å². The molecule has 6 heteroatoms. The molecule has 0 bridgehead atoms. The fourth-order valence-corrected chi connectivity index (χ4v) is 3.04. The van der Waals surface area contributed by atoms with Crippen LogP contribution in [0.25, 0.3) is 0 Å². The monoisotopic (exact) mass is 325 g/mol. The second kappa shape index (κ2) is 6.69. The highest BCUT2D eigenvalue weighted by Gasteiger charge is 2.16. The van der Waals surface area contributed by atoms with Crippen LogP contribution in [0.15, 0.2) is 30.6 Å². The summed E-state index contributed by atoms with van der Waals surface area (Å²) in [6, 6.07) is 5.53. The molecular formula is C15H17Cl2N3O. The maximum Gasteiger partial charge on any atom is 0.0771 e. The van der Waals surface area contributed by atoms with Gasteiger partial charge in [-0.2, -0.15) is 5.10 Å². The largest absolute Gasteiger partial charge is 0.378 e. The van der Waals surface area contributed by atoms with E-state index in [0.717, 1.165) is 37.2 Å². The standard InChI is InChI=1S/C15H17Cl2N3O/c16-12-4-11(5-13(17)6-12)7-18-14-8-19-20(9-14)10-15-2-1-3-21-15/h4-6,8-9,15,18H,1-3,7,10H2. The lowest BCUT2D eigenvalue weighted by Gasteiger charge is -2.08. The molecule has 4 nitrogen and oxygen atoms in total. The minimum absolute atomic E-state index is 0.296. The zero-order valence-electron chi connectivity index (χ0n) is 11.6. The molecule has 1 fully saturated rings. The molecule has 1 aromatic carbocycles. The highest BCUT2D eigenvalue weighted by molar-refractivity contribution is 6.34. The van der Waals surface area contributed by atoms with E-state index in [4.69, 9.17) is 27.9 Å². The summed E-state index contributed by atoms with van der Waals surface area (Å²) < 4.78 is 7.53. The maximum atomic E-state index is 5.99. The Kier molecular flexibility index (Phi) is 4.68. The lowest BCUT2D eigenvalue weighted by Crippen LogP contribution is -2.15. The Balaban J connectivity index is 1.56. The number of aromatic nitrogens is 2. The molecule has 1 unspecified atom stereocenters. The van der Waals surface area contributed by atoms with Gasteiger partial charge in [-0.15, -0.1) is 0 Å². The minimum atomic E-state index is 0.296. The molecule has 0 spiro atoms. The van der Waals surface area contributed by atoms with E-state index in [1.54, 1.807) is 6.07 Å². The summed E-state index contributed by atoms with van der Waals surface area (Å²) in [5.74, 6) is 0. The van der Waals surface area contributed by atoms with E-state index in [0.29, 0.717) is 22.7 Å². The Morgan fingerprint density at radius 3 is 2.81 bits per heavy atom. The third-order valence-corrected chi connectivity index (χ3v) is 3.90. The summed E-state index contributed by atoms with van der Waals surface area (Å²) >= 11 is 12.0. The van der Waals surface area contributed by atoms with Crippen LogP contribution in [0.5, 0.6) is 0 Å². The Labute approximate surface area is 134 Å². The van der Waals surface area contributed by atoms with Gasteiger partial charge in [-0.25, -0.2) is 0 Å². The van der Waals surface area contributed by atoms with Crippen LogP contribution in [0, 0.1) is 0 Å². The van der Waals surface area contributed by atoms with Crippen molar-refractivity contribution in [3.63, 3.8) is 0 Å². The number of anilines is 1. The Hall–Kier alpha value is -1.23. The normalized spacial score (nSPS) is 18.1. The second-order valence-electron chi connectivity index (χ2n) is 5.22. The summed E-state index contributed by atoms with van der Waals surface area (Å²) in [7, 11) is 0. The van der Waals surface area contributed by atoms with Crippen LogP contribution in [-0.2, 0) is 17.8 Å². The van der Waals surface area contributed by atoms with Gasteiger partial charge in [0.05, 0.1) is 24.5 Å². The summed E-state index contributed by atoms with van der Waals surface area (Å²) in [6.45, 7) is 2.34. The number of hydrogen-bond donors (Lipinski definition) is 1. The average molecular weight is 326 g/mol. The quantitative estimate of drug-likeness (QED) is 0.903. The molecule has 0 aliphatic carbocycles. The summed E-state index contributed by atoms with van der Waals surface area (Å²) in [5.41, 5.74) is 2.02. The number of ether oxygens (including phenoxy) is 1. The number of rotatable bonds is 5. The smallest absolute Gasteiger partial charge is 0.0771 e. The van der Waals surface area contributed by atoms with Gasteiger partial charge < -0.3 is 10.1 Å². The zero-order chi connectivity index (χ0) is 14.7. The zero-order valence-corrected chi connectivity index (χ0v) is 13.1. The number of hydrogen-bond acceptors (Lipinski definition) is 3. The van der Waals surface area contributed by atoms with Crippen molar-refractivity contribution in [3.05, 3.63) is 46.2 Å². The molecule has 3 rings (SSSR count). The SMILES string of the molecule is Clc1cc(Cl)cc(CNc2cnn(CC3CCCO3)c2)c1. The molecule has 0 amide bonds. The molecule has 0 radical (unpaired) electrons.